The second-order valence-corrected chi connectivity index (χ2v) is 6.60. The molecule has 3 amide bonds. The minimum absolute atomic E-state index is 0.144. The SMILES string of the molecule is CCCNC(=O)[C@H]1O[C@@H]1C(=O)N[C@H](C(=O)N1CCCC1C(=O)OO)C(O)CO. The summed E-state index contributed by atoms with van der Waals surface area (Å²) in [6.07, 6.45) is -2.34. The quantitative estimate of drug-likeness (QED) is 0.154. The smallest absolute Gasteiger partial charge is 0.364 e. The van der Waals surface area contributed by atoms with E-state index in [1.54, 1.807) is 0 Å². The minimum atomic E-state index is -1.64. The van der Waals surface area contributed by atoms with Gasteiger partial charge >= 0.3 is 5.97 Å². The molecule has 12 nitrogen and oxygen atoms in total. The number of rotatable bonds is 9. The lowest BCUT2D eigenvalue weighted by Crippen LogP contribution is -2.58. The van der Waals surface area contributed by atoms with Crippen LogP contribution >= 0.6 is 0 Å². The topological polar surface area (TPSA) is 178 Å². The third kappa shape index (κ3) is 4.95. The van der Waals surface area contributed by atoms with Crippen molar-refractivity contribution in [2.75, 3.05) is 19.7 Å². The molecule has 0 aromatic rings. The van der Waals surface area contributed by atoms with Crippen LogP contribution in [0.2, 0.25) is 0 Å². The number of hydrogen-bond acceptors (Lipinski definition) is 9. The first-order valence-electron chi connectivity index (χ1n) is 9.03. The first-order valence-corrected chi connectivity index (χ1v) is 9.03. The predicted octanol–water partition coefficient (Wildman–Crippen LogP) is -2.87. The Labute approximate surface area is 160 Å². The minimum Gasteiger partial charge on any atom is -0.394 e. The summed E-state index contributed by atoms with van der Waals surface area (Å²) < 4.78 is 5.03. The molecule has 5 N–H and O–H groups in total. The molecule has 2 fully saturated rings. The summed E-state index contributed by atoms with van der Waals surface area (Å²) >= 11 is 0. The lowest BCUT2D eigenvalue weighted by atomic mass is 10.1. The van der Waals surface area contributed by atoms with Gasteiger partial charge in [-0.05, 0) is 19.3 Å². The number of amides is 3. The zero-order valence-corrected chi connectivity index (χ0v) is 15.4. The molecule has 158 valence electrons. The molecule has 0 spiro atoms. The zero-order chi connectivity index (χ0) is 20.8. The van der Waals surface area contributed by atoms with Crippen molar-refractivity contribution in [3.8, 4) is 0 Å². The van der Waals surface area contributed by atoms with Crippen molar-refractivity contribution >= 4 is 23.7 Å². The van der Waals surface area contributed by atoms with Crippen LogP contribution in [0.15, 0.2) is 0 Å². The molecule has 0 radical (unpaired) electrons. The van der Waals surface area contributed by atoms with Gasteiger partial charge in [0.2, 0.25) is 5.91 Å². The average Bonchev–Trinajstić information content (AvgIpc) is 3.36. The van der Waals surface area contributed by atoms with E-state index in [0.717, 1.165) is 4.90 Å². The summed E-state index contributed by atoms with van der Waals surface area (Å²) in [7, 11) is 0. The molecule has 0 saturated carbocycles. The van der Waals surface area contributed by atoms with Crippen molar-refractivity contribution < 1.29 is 44.3 Å². The molecule has 2 heterocycles. The second-order valence-electron chi connectivity index (χ2n) is 6.60. The van der Waals surface area contributed by atoms with E-state index in [9.17, 15) is 29.4 Å². The van der Waals surface area contributed by atoms with Crippen LogP contribution in [0.3, 0.4) is 0 Å². The number of carbonyl (C=O) groups excluding carboxylic acids is 4. The first-order chi connectivity index (χ1) is 13.3. The largest absolute Gasteiger partial charge is 0.394 e. The van der Waals surface area contributed by atoms with Gasteiger partial charge in [-0.1, -0.05) is 6.92 Å². The number of nitrogens with one attached hydrogen (secondary N) is 2. The van der Waals surface area contributed by atoms with Crippen molar-refractivity contribution in [1.82, 2.24) is 15.5 Å². The van der Waals surface area contributed by atoms with Crippen molar-refractivity contribution in [2.45, 2.75) is 56.6 Å². The molecule has 2 aliphatic heterocycles. The Hall–Kier alpha value is -2.28. The van der Waals surface area contributed by atoms with Gasteiger partial charge in [-0.3, -0.25) is 19.3 Å². The number of carbonyl (C=O) groups is 4. The fourth-order valence-electron chi connectivity index (χ4n) is 3.04. The fraction of sp³-hybridized carbons (Fsp3) is 0.750. The molecule has 5 atom stereocenters. The van der Waals surface area contributed by atoms with Gasteiger partial charge < -0.3 is 30.5 Å². The number of nitrogens with zero attached hydrogens (tertiary/aromatic N) is 1. The lowest BCUT2D eigenvalue weighted by molar-refractivity contribution is -0.238. The maximum absolute atomic E-state index is 12.7. The van der Waals surface area contributed by atoms with Crippen LogP contribution in [0.1, 0.15) is 26.2 Å². The van der Waals surface area contributed by atoms with Crippen LogP contribution in [0.5, 0.6) is 0 Å². The molecular weight excluding hydrogens is 378 g/mol. The van der Waals surface area contributed by atoms with E-state index < -0.39 is 60.7 Å². The Morgan fingerprint density at radius 1 is 1.25 bits per heavy atom. The highest BCUT2D eigenvalue weighted by molar-refractivity contribution is 5.97. The summed E-state index contributed by atoms with van der Waals surface area (Å²) in [4.78, 5) is 53.2. The standard InChI is InChI=1S/C16H25N3O9/c1-2-5-17-13(22)11-12(27-11)14(23)18-10(9(21)7-20)15(24)19-6-3-4-8(19)16(25)28-26/h8-12,20-21,26H,2-7H2,1H3,(H,17,22)(H,18,23)/t8?,9?,10-,11-,12-/m0/s1. The van der Waals surface area contributed by atoms with Gasteiger partial charge in [-0.2, -0.15) is 5.26 Å². The molecule has 0 aromatic carbocycles. The van der Waals surface area contributed by atoms with Gasteiger partial charge in [0.25, 0.3) is 11.8 Å². The Morgan fingerprint density at radius 2 is 1.93 bits per heavy atom. The molecule has 2 aliphatic rings. The van der Waals surface area contributed by atoms with Crippen molar-refractivity contribution in [3.05, 3.63) is 0 Å². The molecule has 0 aliphatic carbocycles. The highest BCUT2D eigenvalue weighted by Crippen LogP contribution is 2.24. The molecule has 0 aromatic heterocycles. The van der Waals surface area contributed by atoms with E-state index in [-0.39, 0.29) is 13.0 Å². The summed E-state index contributed by atoms with van der Waals surface area (Å²) in [5.41, 5.74) is 0. The normalized spacial score (nSPS) is 25.6. The Kier molecular flexibility index (Phi) is 7.69. The second kappa shape index (κ2) is 9.78. The molecule has 12 heteroatoms. The van der Waals surface area contributed by atoms with Crippen molar-refractivity contribution in [1.29, 1.82) is 0 Å². The summed E-state index contributed by atoms with van der Waals surface area (Å²) in [6, 6.07) is -2.62. The maximum atomic E-state index is 12.7. The van der Waals surface area contributed by atoms with Crippen molar-refractivity contribution in [3.63, 3.8) is 0 Å². The van der Waals surface area contributed by atoms with Crippen LogP contribution in [0.4, 0.5) is 0 Å². The van der Waals surface area contributed by atoms with Gasteiger partial charge in [-0.15, -0.1) is 0 Å². The Morgan fingerprint density at radius 3 is 2.54 bits per heavy atom. The molecule has 28 heavy (non-hydrogen) atoms. The number of hydrogen-bond donors (Lipinski definition) is 5. The average molecular weight is 403 g/mol. The van der Waals surface area contributed by atoms with E-state index >= 15 is 0 Å². The van der Waals surface area contributed by atoms with E-state index in [1.165, 1.54) is 0 Å². The van der Waals surface area contributed by atoms with E-state index in [0.29, 0.717) is 19.4 Å². The van der Waals surface area contributed by atoms with Crippen LogP contribution in [0.25, 0.3) is 0 Å². The summed E-state index contributed by atoms with van der Waals surface area (Å²) in [6.45, 7) is 1.61. The van der Waals surface area contributed by atoms with Gasteiger partial charge in [0, 0.05) is 13.1 Å². The Bertz CT molecular complexity index is 614. The van der Waals surface area contributed by atoms with Crippen LogP contribution in [-0.4, -0.2) is 94.2 Å². The monoisotopic (exact) mass is 403 g/mol. The highest BCUT2D eigenvalue weighted by atomic mass is 17.1. The lowest BCUT2D eigenvalue weighted by Gasteiger charge is -2.29. The Balaban J connectivity index is 2.02. The predicted molar refractivity (Wildman–Crippen MR) is 90.4 cm³/mol. The van der Waals surface area contributed by atoms with E-state index in [2.05, 4.69) is 15.5 Å². The van der Waals surface area contributed by atoms with Gasteiger partial charge in [-0.25, -0.2) is 4.79 Å². The van der Waals surface area contributed by atoms with Gasteiger partial charge in [0.1, 0.15) is 18.2 Å². The van der Waals surface area contributed by atoms with Crippen LogP contribution in [0, 0.1) is 0 Å². The number of aliphatic hydroxyl groups excluding tert-OH is 2. The number of likely N-dealkylation sites (tertiary alicyclic amines) is 1. The third-order valence-electron chi connectivity index (χ3n) is 4.59. The van der Waals surface area contributed by atoms with E-state index in [1.807, 2.05) is 6.92 Å². The van der Waals surface area contributed by atoms with Crippen LogP contribution in [-0.2, 0) is 28.8 Å². The number of epoxide rings is 1. The molecule has 2 rings (SSSR count). The number of aliphatic hydroxyl groups is 2. The first kappa shape index (κ1) is 22.0. The zero-order valence-electron chi connectivity index (χ0n) is 15.4. The summed E-state index contributed by atoms with van der Waals surface area (Å²) in [5, 5.41) is 32.6. The third-order valence-corrected chi connectivity index (χ3v) is 4.59. The number of ether oxygens (including phenoxy) is 1. The molecule has 2 saturated heterocycles. The van der Waals surface area contributed by atoms with Crippen LogP contribution < -0.4 is 10.6 Å². The fourth-order valence-corrected chi connectivity index (χ4v) is 3.04. The molecule has 0 bridgehead atoms. The summed E-state index contributed by atoms with van der Waals surface area (Å²) in [5.74, 6) is -3.12. The molecule has 2 unspecified atom stereocenters. The van der Waals surface area contributed by atoms with Crippen molar-refractivity contribution in [2.24, 2.45) is 0 Å². The maximum Gasteiger partial charge on any atom is 0.364 e. The van der Waals surface area contributed by atoms with Gasteiger partial charge in [0.05, 0.1) is 6.61 Å². The van der Waals surface area contributed by atoms with Gasteiger partial charge in [0.15, 0.2) is 12.2 Å². The van der Waals surface area contributed by atoms with E-state index in [4.69, 9.17) is 9.99 Å². The highest BCUT2D eigenvalue weighted by Gasteiger charge is 2.51. The molecular formula is C16H25N3O9.